The van der Waals surface area contributed by atoms with Gasteiger partial charge in [0.25, 0.3) is 11.8 Å². The fraction of sp³-hybridized carbons (Fsp3) is 0.515. The molecule has 12 heteroatoms. The molecule has 6 heterocycles. The number of carbonyl (C=O) groups is 2. The molecule has 45 heavy (non-hydrogen) atoms. The van der Waals surface area contributed by atoms with E-state index >= 15 is 0 Å². The lowest BCUT2D eigenvalue weighted by atomic mass is 9.97. The number of aryl methyl sites for hydroxylation is 1. The smallest absolute Gasteiger partial charge is 0.260 e. The molecule has 3 N–H and O–H groups in total. The molecule has 236 valence electrons. The van der Waals surface area contributed by atoms with Gasteiger partial charge in [0, 0.05) is 48.1 Å². The Balaban J connectivity index is 1.17. The first-order valence-electron chi connectivity index (χ1n) is 15.9. The fourth-order valence-electron chi connectivity index (χ4n) is 7.50. The number of nitrogens with two attached hydrogens (primary N) is 1. The lowest BCUT2D eigenvalue weighted by Gasteiger charge is -2.23. The van der Waals surface area contributed by atoms with Crippen molar-refractivity contribution in [3.63, 3.8) is 0 Å². The predicted octanol–water partition coefficient (Wildman–Crippen LogP) is 4.61. The largest absolute Gasteiger partial charge is 0.482 e. The number of alkyl halides is 2. The van der Waals surface area contributed by atoms with E-state index < -0.39 is 30.2 Å². The first-order chi connectivity index (χ1) is 21.5. The molecular weight excluding hydrogens is 580 g/mol. The molecule has 4 aromatic rings. The highest BCUT2D eigenvalue weighted by molar-refractivity contribution is 5.97. The van der Waals surface area contributed by atoms with Gasteiger partial charge in [-0.2, -0.15) is 0 Å². The van der Waals surface area contributed by atoms with Crippen molar-refractivity contribution in [3.8, 4) is 17.3 Å². The third-order valence-electron chi connectivity index (χ3n) is 10.3. The summed E-state index contributed by atoms with van der Waals surface area (Å²) >= 11 is 0. The maximum atomic E-state index is 13.8. The quantitative estimate of drug-likeness (QED) is 0.298. The number of methoxy groups -OCH3 is 1. The van der Waals surface area contributed by atoms with E-state index in [0.29, 0.717) is 28.7 Å². The Labute approximate surface area is 258 Å². The lowest BCUT2D eigenvalue weighted by Crippen LogP contribution is -2.40. The highest BCUT2D eigenvalue weighted by atomic mass is 19.3. The molecule has 0 unspecified atom stereocenters. The summed E-state index contributed by atoms with van der Waals surface area (Å²) in [5.74, 6) is -3.81. The van der Waals surface area contributed by atoms with E-state index in [0.717, 1.165) is 66.8 Å². The van der Waals surface area contributed by atoms with Gasteiger partial charge in [0.1, 0.15) is 22.9 Å². The number of carbonyl (C=O) groups excluding carboxylic acids is 2. The Morgan fingerprint density at radius 1 is 1.16 bits per heavy atom. The number of nitrogens with one attached hydrogen (secondary N) is 1. The Morgan fingerprint density at radius 2 is 1.93 bits per heavy atom. The van der Waals surface area contributed by atoms with Crippen LogP contribution in [-0.4, -0.2) is 66.8 Å². The summed E-state index contributed by atoms with van der Waals surface area (Å²) in [5.41, 5.74) is 11.4. The van der Waals surface area contributed by atoms with E-state index in [1.807, 2.05) is 34.4 Å². The van der Waals surface area contributed by atoms with Crippen LogP contribution in [0.2, 0.25) is 0 Å². The molecular formula is C33H37F2N7O3. The van der Waals surface area contributed by atoms with Gasteiger partial charge in [-0.3, -0.25) is 14.0 Å². The number of halogens is 2. The second-order valence-corrected chi connectivity index (χ2v) is 13.4. The van der Waals surface area contributed by atoms with Gasteiger partial charge in [-0.1, -0.05) is 0 Å². The van der Waals surface area contributed by atoms with Crippen molar-refractivity contribution in [2.45, 2.75) is 89.0 Å². The molecule has 4 aromatic heterocycles. The predicted molar refractivity (Wildman–Crippen MR) is 163 cm³/mol. The average molecular weight is 618 g/mol. The number of fused-ring (bicyclic) bond motifs is 4. The number of aromatic nitrogens is 4. The lowest BCUT2D eigenvalue weighted by molar-refractivity contribution is -0.125. The molecule has 10 nitrogen and oxygen atoms in total. The van der Waals surface area contributed by atoms with Crippen LogP contribution in [0.1, 0.15) is 73.2 Å². The van der Waals surface area contributed by atoms with Crippen LogP contribution in [0.3, 0.4) is 0 Å². The molecule has 4 aliphatic rings. The number of hydrogen-bond acceptors (Lipinski definition) is 6. The molecule has 8 rings (SSSR count). The minimum atomic E-state index is -2.92. The van der Waals surface area contributed by atoms with Crippen LogP contribution >= 0.6 is 0 Å². The second-order valence-electron chi connectivity index (χ2n) is 13.4. The van der Waals surface area contributed by atoms with E-state index in [9.17, 15) is 18.4 Å². The van der Waals surface area contributed by atoms with Crippen molar-refractivity contribution in [2.75, 3.05) is 7.11 Å². The number of hydrogen-bond donors (Lipinski definition) is 2. The van der Waals surface area contributed by atoms with Crippen LogP contribution in [0.5, 0.6) is 5.88 Å². The van der Waals surface area contributed by atoms with E-state index in [1.54, 1.807) is 20.1 Å². The van der Waals surface area contributed by atoms with Crippen LogP contribution in [0.4, 0.5) is 8.78 Å². The zero-order valence-corrected chi connectivity index (χ0v) is 25.6. The normalized spacial score (nSPS) is 25.7. The highest BCUT2D eigenvalue weighted by Gasteiger charge is 2.61. The van der Waals surface area contributed by atoms with Crippen molar-refractivity contribution in [1.82, 2.24) is 29.2 Å². The van der Waals surface area contributed by atoms with E-state index in [2.05, 4.69) is 16.0 Å². The van der Waals surface area contributed by atoms with Crippen molar-refractivity contribution in [3.05, 3.63) is 47.3 Å². The third kappa shape index (κ3) is 4.59. The van der Waals surface area contributed by atoms with Gasteiger partial charge < -0.3 is 25.3 Å². The van der Waals surface area contributed by atoms with Crippen LogP contribution in [-0.2, 0) is 11.3 Å². The summed E-state index contributed by atoms with van der Waals surface area (Å²) < 4.78 is 36.8. The molecule has 2 amide bonds. The van der Waals surface area contributed by atoms with Crippen molar-refractivity contribution < 1.29 is 23.1 Å². The Hall–Kier alpha value is -4.06. The van der Waals surface area contributed by atoms with Gasteiger partial charge in [-0.15, -0.1) is 0 Å². The van der Waals surface area contributed by atoms with Crippen LogP contribution < -0.4 is 15.8 Å². The number of pyridine rings is 2. The zero-order chi connectivity index (χ0) is 31.4. The number of imidazole rings is 1. The maximum Gasteiger partial charge on any atom is 0.260 e. The molecule has 0 spiro atoms. The van der Waals surface area contributed by atoms with Crippen LogP contribution in [0, 0.1) is 18.8 Å². The Kier molecular flexibility index (Phi) is 6.30. The minimum Gasteiger partial charge on any atom is -0.482 e. The summed E-state index contributed by atoms with van der Waals surface area (Å²) in [6, 6.07) is 9.22. The molecule has 2 aliphatic heterocycles. The highest BCUT2D eigenvalue weighted by Crippen LogP contribution is 2.49. The molecule has 2 saturated heterocycles. The standard InChI is InChI=1S/C33H37F2N7O3/c1-16(37-31(43)22-14-33(22,34)35)24-8-6-19-10-26(40(30(19)38-24)15-18-4-5-18)29-17(2)41-27(39-29)11-20(12-28(41)45-3)32(44)42-21-7-9-25(42)23(36)13-21/h6,8,10-12,16,18,21-23,25H,4-5,7,9,13-15,36H2,1-3H3,(H,37,43)/t16-,21+,22-,23-,25-/m1/s1. The van der Waals surface area contributed by atoms with Gasteiger partial charge in [0.05, 0.1) is 30.2 Å². The number of nitrogens with zero attached hydrogens (tertiary/aromatic N) is 5. The summed E-state index contributed by atoms with van der Waals surface area (Å²) in [6.45, 7) is 4.51. The molecule has 4 fully saturated rings. The molecule has 2 bridgehead atoms. The Morgan fingerprint density at radius 3 is 2.58 bits per heavy atom. The van der Waals surface area contributed by atoms with Gasteiger partial charge in [-0.05, 0) is 76.1 Å². The third-order valence-corrected chi connectivity index (χ3v) is 10.3. The van der Waals surface area contributed by atoms with Gasteiger partial charge in [0.15, 0.2) is 5.88 Å². The summed E-state index contributed by atoms with van der Waals surface area (Å²) in [5, 5.41) is 3.64. The fourth-order valence-corrected chi connectivity index (χ4v) is 7.50. The van der Waals surface area contributed by atoms with Crippen LogP contribution in [0.25, 0.3) is 28.1 Å². The second kappa shape index (κ2) is 9.97. The van der Waals surface area contributed by atoms with E-state index in [4.69, 9.17) is 20.4 Å². The summed E-state index contributed by atoms with van der Waals surface area (Å²) in [7, 11) is 1.59. The molecule has 2 saturated carbocycles. The van der Waals surface area contributed by atoms with Crippen LogP contribution in [0.15, 0.2) is 30.3 Å². The molecule has 5 atom stereocenters. The summed E-state index contributed by atoms with van der Waals surface area (Å²) in [6.07, 6.45) is 4.62. The van der Waals surface area contributed by atoms with E-state index in [1.165, 1.54) is 0 Å². The number of amides is 2. The van der Waals surface area contributed by atoms with Gasteiger partial charge in [-0.25, -0.2) is 18.7 Å². The monoisotopic (exact) mass is 617 g/mol. The topological polar surface area (TPSA) is 120 Å². The summed E-state index contributed by atoms with van der Waals surface area (Å²) in [4.78, 5) is 38.1. The van der Waals surface area contributed by atoms with Gasteiger partial charge >= 0.3 is 0 Å². The Bertz CT molecular complexity index is 1880. The zero-order valence-electron chi connectivity index (χ0n) is 25.6. The van der Waals surface area contributed by atoms with E-state index in [-0.39, 0.29) is 24.0 Å². The molecule has 0 radical (unpaired) electrons. The maximum absolute atomic E-state index is 13.8. The van der Waals surface area contributed by atoms with Crippen molar-refractivity contribution in [1.29, 1.82) is 0 Å². The first kappa shape index (κ1) is 28.4. The molecule has 0 aromatic carbocycles. The SMILES string of the molecule is COc1cc(C(=O)N2[C@H]3CC[C@@H]2[C@H](N)C3)cc2nc(-c3cc4ccc([C@@H](C)NC(=O)[C@H]5CC5(F)F)nc4n3CC3CC3)c(C)n12. The minimum absolute atomic E-state index is 0.0170. The molecule has 2 aliphatic carbocycles. The van der Waals surface area contributed by atoms with Crippen molar-refractivity contribution in [2.24, 2.45) is 17.6 Å². The number of ether oxygens (including phenoxy) is 1. The van der Waals surface area contributed by atoms with Gasteiger partial charge in [0.2, 0.25) is 5.91 Å². The first-order valence-corrected chi connectivity index (χ1v) is 15.9. The average Bonchev–Trinajstić information content (AvgIpc) is 3.75. The number of rotatable bonds is 8. The van der Waals surface area contributed by atoms with Crippen molar-refractivity contribution >= 4 is 28.5 Å².